The van der Waals surface area contributed by atoms with Crippen LogP contribution in [0, 0.1) is 0 Å². The van der Waals surface area contributed by atoms with Gasteiger partial charge in [-0.1, -0.05) is 0 Å². The molecule has 76 valence electrons. The van der Waals surface area contributed by atoms with Gasteiger partial charge in [0.05, 0.1) is 6.61 Å². The summed E-state index contributed by atoms with van der Waals surface area (Å²) in [5.74, 6) is 0. The average molecular weight is 225 g/mol. The SMILES string of the molecule is Cl.Cl.Nc1ccc(NCCO)cc1. The van der Waals surface area contributed by atoms with Crippen LogP contribution in [0.1, 0.15) is 0 Å². The number of halogens is 2. The molecule has 0 saturated heterocycles. The summed E-state index contributed by atoms with van der Waals surface area (Å²) in [7, 11) is 0. The van der Waals surface area contributed by atoms with Crippen LogP contribution in [0.15, 0.2) is 24.3 Å². The topological polar surface area (TPSA) is 58.3 Å². The number of nitrogens with one attached hydrogen (secondary N) is 1. The zero-order chi connectivity index (χ0) is 8.10. The van der Waals surface area contributed by atoms with Gasteiger partial charge in [-0.25, -0.2) is 0 Å². The molecule has 0 atom stereocenters. The van der Waals surface area contributed by atoms with Crippen LogP contribution in [0.2, 0.25) is 0 Å². The fraction of sp³-hybridized carbons (Fsp3) is 0.250. The van der Waals surface area contributed by atoms with E-state index in [-0.39, 0.29) is 31.4 Å². The Bertz CT molecular complexity index is 216. The number of aliphatic hydroxyl groups excluding tert-OH is 1. The number of nitrogens with two attached hydrogens (primary N) is 1. The van der Waals surface area contributed by atoms with E-state index in [9.17, 15) is 0 Å². The fourth-order valence-corrected chi connectivity index (χ4v) is 0.801. The van der Waals surface area contributed by atoms with Crippen molar-refractivity contribution in [3.05, 3.63) is 24.3 Å². The molecule has 0 unspecified atom stereocenters. The minimum absolute atomic E-state index is 0. The van der Waals surface area contributed by atoms with E-state index in [0.29, 0.717) is 6.54 Å². The van der Waals surface area contributed by atoms with E-state index in [1.165, 1.54) is 0 Å². The molecule has 13 heavy (non-hydrogen) atoms. The largest absolute Gasteiger partial charge is 0.399 e. The molecular weight excluding hydrogens is 211 g/mol. The summed E-state index contributed by atoms with van der Waals surface area (Å²) in [6, 6.07) is 7.40. The summed E-state index contributed by atoms with van der Waals surface area (Å²) in [5.41, 5.74) is 7.21. The molecule has 5 heteroatoms. The van der Waals surface area contributed by atoms with E-state index in [1.54, 1.807) is 0 Å². The van der Waals surface area contributed by atoms with Crippen molar-refractivity contribution in [1.29, 1.82) is 0 Å². The molecule has 0 aliphatic rings. The first-order valence-corrected chi connectivity index (χ1v) is 3.53. The van der Waals surface area contributed by atoms with Crippen molar-refractivity contribution in [2.24, 2.45) is 0 Å². The lowest BCUT2D eigenvalue weighted by Crippen LogP contribution is -2.04. The van der Waals surface area contributed by atoms with Gasteiger partial charge in [0.2, 0.25) is 0 Å². The Hall–Kier alpha value is -0.640. The van der Waals surface area contributed by atoms with E-state index in [2.05, 4.69) is 5.32 Å². The number of benzene rings is 1. The zero-order valence-corrected chi connectivity index (χ0v) is 8.70. The monoisotopic (exact) mass is 224 g/mol. The predicted octanol–water partition coefficient (Wildman–Crippen LogP) is 1.52. The number of hydrogen-bond acceptors (Lipinski definition) is 3. The number of aliphatic hydroxyl groups is 1. The Morgan fingerprint density at radius 3 is 2.15 bits per heavy atom. The predicted molar refractivity (Wildman–Crippen MR) is 60.9 cm³/mol. The minimum atomic E-state index is 0. The van der Waals surface area contributed by atoms with Crippen LogP contribution in [0.4, 0.5) is 11.4 Å². The van der Waals surface area contributed by atoms with Gasteiger partial charge in [-0.2, -0.15) is 0 Å². The molecule has 0 saturated carbocycles. The lowest BCUT2D eigenvalue weighted by Gasteiger charge is -2.03. The van der Waals surface area contributed by atoms with Crippen molar-refractivity contribution >= 4 is 36.2 Å². The molecule has 0 spiro atoms. The van der Waals surface area contributed by atoms with Crippen molar-refractivity contribution in [2.75, 3.05) is 24.2 Å². The molecule has 4 N–H and O–H groups in total. The van der Waals surface area contributed by atoms with Gasteiger partial charge in [-0.15, -0.1) is 24.8 Å². The Morgan fingerprint density at radius 2 is 1.69 bits per heavy atom. The third-order valence-electron chi connectivity index (χ3n) is 1.35. The lowest BCUT2D eigenvalue weighted by molar-refractivity contribution is 0.311. The van der Waals surface area contributed by atoms with E-state index < -0.39 is 0 Å². The number of nitrogen functional groups attached to an aromatic ring is 1. The van der Waals surface area contributed by atoms with Gasteiger partial charge in [0.1, 0.15) is 0 Å². The summed E-state index contributed by atoms with van der Waals surface area (Å²) in [6.07, 6.45) is 0. The van der Waals surface area contributed by atoms with E-state index in [0.717, 1.165) is 11.4 Å². The molecule has 0 aliphatic heterocycles. The Labute approximate surface area is 90.2 Å². The van der Waals surface area contributed by atoms with Crippen LogP contribution in [-0.2, 0) is 0 Å². The summed E-state index contributed by atoms with van der Waals surface area (Å²) < 4.78 is 0. The molecule has 3 nitrogen and oxygen atoms in total. The van der Waals surface area contributed by atoms with Crippen LogP contribution in [-0.4, -0.2) is 18.3 Å². The van der Waals surface area contributed by atoms with Gasteiger partial charge < -0.3 is 16.2 Å². The van der Waals surface area contributed by atoms with Gasteiger partial charge in [0.15, 0.2) is 0 Å². The normalized spacial score (nSPS) is 8.08. The first-order valence-electron chi connectivity index (χ1n) is 3.53. The van der Waals surface area contributed by atoms with E-state index in [4.69, 9.17) is 10.8 Å². The highest BCUT2D eigenvalue weighted by Gasteiger charge is 1.88. The molecule has 0 aromatic heterocycles. The van der Waals surface area contributed by atoms with Gasteiger partial charge in [-0.3, -0.25) is 0 Å². The molecule has 0 heterocycles. The second-order valence-electron chi connectivity index (χ2n) is 2.27. The maximum absolute atomic E-state index is 8.49. The summed E-state index contributed by atoms with van der Waals surface area (Å²) >= 11 is 0. The van der Waals surface area contributed by atoms with Crippen molar-refractivity contribution in [3.63, 3.8) is 0 Å². The first kappa shape index (κ1) is 14.9. The van der Waals surface area contributed by atoms with Crippen molar-refractivity contribution < 1.29 is 5.11 Å². The third kappa shape index (κ3) is 5.58. The smallest absolute Gasteiger partial charge is 0.0604 e. The second-order valence-corrected chi connectivity index (χ2v) is 2.27. The van der Waals surface area contributed by atoms with E-state index in [1.807, 2.05) is 24.3 Å². The van der Waals surface area contributed by atoms with Gasteiger partial charge in [-0.05, 0) is 24.3 Å². The van der Waals surface area contributed by atoms with Crippen LogP contribution in [0.3, 0.4) is 0 Å². The van der Waals surface area contributed by atoms with Crippen LogP contribution >= 0.6 is 24.8 Å². The van der Waals surface area contributed by atoms with Crippen LogP contribution in [0.5, 0.6) is 0 Å². The van der Waals surface area contributed by atoms with Crippen molar-refractivity contribution in [1.82, 2.24) is 0 Å². The lowest BCUT2D eigenvalue weighted by atomic mass is 10.3. The molecule has 0 bridgehead atoms. The molecule has 1 rings (SSSR count). The highest BCUT2D eigenvalue weighted by Crippen LogP contribution is 2.09. The molecule has 0 amide bonds. The highest BCUT2D eigenvalue weighted by molar-refractivity contribution is 5.85. The molecule has 0 aliphatic carbocycles. The highest BCUT2D eigenvalue weighted by atomic mass is 35.5. The Kier molecular flexibility index (Phi) is 9.12. The fourth-order valence-electron chi connectivity index (χ4n) is 0.801. The molecular formula is C8H14Cl2N2O. The second kappa shape index (κ2) is 7.98. The third-order valence-corrected chi connectivity index (χ3v) is 1.35. The standard InChI is InChI=1S/C8H12N2O.2ClH/c9-7-1-3-8(4-2-7)10-5-6-11;;/h1-4,10-11H,5-6,9H2;2*1H. The van der Waals surface area contributed by atoms with Crippen LogP contribution < -0.4 is 11.1 Å². The van der Waals surface area contributed by atoms with Crippen LogP contribution in [0.25, 0.3) is 0 Å². The maximum Gasteiger partial charge on any atom is 0.0604 e. The van der Waals surface area contributed by atoms with E-state index >= 15 is 0 Å². The molecule has 1 aromatic carbocycles. The number of anilines is 2. The maximum atomic E-state index is 8.49. The quantitative estimate of drug-likeness (QED) is 0.683. The Balaban J connectivity index is 0. The average Bonchev–Trinajstić information content (AvgIpc) is 2.04. The van der Waals surface area contributed by atoms with Crippen molar-refractivity contribution in [3.8, 4) is 0 Å². The summed E-state index contributed by atoms with van der Waals surface area (Å²) in [5, 5.41) is 11.5. The molecule has 1 aromatic rings. The molecule has 0 fully saturated rings. The Morgan fingerprint density at radius 1 is 1.15 bits per heavy atom. The number of rotatable bonds is 3. The van der Waals surface area contributed by atoms with Gasteiger partial charge in [0.25, 0.3) is 0 Å². The van der Waals surface area contributed by atoms with Gasteiger partial charge >= 0.3 is 0 Å². The van der Waals surface area contributed by atoms with Crippen molar-refractivity contribution in [2.45, 2.75) is 0 Å². The summed E-state index contributed by atoms with van der Waals surface area (Å²) in [4.78, 5) is 0. The van der Waals surface area contributed by atoms with Gasteiger partial charge in [0, 0.05) is 17.9 Å². The zero-order valence-electron chi connectivity index (χ0n) is 7.06. The molecule has 0 radical (unpaired) electrons. The first-order chi connectivity index (χ1) is 5.33. The number of hydrogen-bond donors (Lipinski definition) is 3. The minimum Gasteiger partial charge on any atom is -0.399 e. The summed E-state index contributed by atoms with van der Waals surface area (Å²) in [6.45, 7) is 0.717.